The number of aromatic nitrogens is 2. The van der Waals surface area contributed by atoms with Crippen LogP contribution in [0.25, 0.3) is 5.69 Å². The molecule has 1 amide bonds. The van der Waals surface area contributed by atoms with Gasteiger partial charge in [-0.1, -0.05) is 22.0 Å². The molecule has 2 heterocycles. The maximum absolute atomic E-state index is 12.7. The fraction of sp³-hybridized carbons (Fsp3) is 0.312. The van der Waals surface area contributed by atoms with Crippen molar-refractivity contribution < 1.29 is 14.7 Å². The van der Waals surface area contributed by atoms with Gasteiger partial charge in [0.15, 0.2) is 5.69 Å². The van der Waals surface area contributed by atoms with E-state index in [0.717, 1.165) is 10.2 Å². The van der Waals surface area contributed by atoms with Crippen molar-refractivity contribution in [3.63, 3.8) is 0 Å². The van der Waals surface area contributed by atoms with Gasteiger partial charge in [0.2, 0.25) is 0 Å². The molecule has 1 aromatic heterocycles. The fourth-order valence-corrected chi connectivity index (χ4v) is 3.24. The van der Waals surface area contributed by atoms with Crippen molar-refractivity contribution >= 4 is 27.8 Å². The number of likely N-dealkylation sites (tertiary alicyclic amines) is 1. The van der Waals surface area contributed by atoms with Gasteiger partial charge in [0, 0.05) is 17.2 Å². The van der Waals surface area contributed by atoms with E-state index in [1.54, 1.807) is 23.9 Å². The summed E-state index contributed by atoms with van der Waals surface area (Å²) in [5.74, 6) is -1.32. The molecule has 0 aliphatic carbocycles. The van der Waals surface area contributed by atoms with Crippen LogP contribution in [0.3, 0.4) is 0 Å². The van der Waals surface area contributed by atoms with E-state index in [1.807, 2.05) is 24.3 Å². The monoisotopic (exact) mass is 377 g/mol. The Hall–Kier alpha value is -2.15. The maximum atomic E-state index is 12.7. The summed E-state index contributed by atoms with van der Waals surface area (Å²) in [5, 5.41) is 13.7. The van der Waals surface area contributed by atoms with Crippen molar-refractivity contribution in [2.24, 2.45) is 0 Å². The highest BCUT2D eigenvalue weighted by Gasteiger charge is 2.46. The Balaban J connectivity index is 1.88. The Morgan fingerprint density at radius 3 is 2.83 bits per heavy atom. The summed E-state index contributed by atoms with van der Waals surface area (Å²) >= 11 is 3.40. The van der Waals surface area contributed by atoms with Crippen LogP contribution in [0.4, 0.5) is 0 Å². The van der Waals surface area contributed by atoms with Crippen LogP contribution >= 0.6 is 15.9 Å². The average Bonchev–Trinajstić information content (AvgIpc) is 3.14. The minimum absolute atomic E-state index is 0.249. The molecule has 6 nitrogen and oxygen atoms in total. The number of aliphatic carboxylic acids is 1. The first-order valence-corrected chi connectivity index (χ1v) is 8.08. The van der Waals surface area contributed by atoms with Crippen LogP contribution < -0.4 is 0 Å². The number of carbonyl (C=O) groups is 2. The molecule has 120 valence electrons. The summed E-state index contributed by atoms with van der Waals surface area (Å²) in [6.45, 7) is 2.02. The van der Waals surface area contributed by atoms with Crippen molar-refractivity contribution in [1.29, 1.82) is 0 Å². The lowest BCUT2D eigenvalue weighted by Crippen LogP contribution is -2.50. The maximum Gasteiger partial charge on any atom is 0.329 e. The van der Waals surface area contributed by atoms with Gasteiger partial charge in [0.1, 0.15) is 5.54 Å². The number of carboxylic acids is 1. The van der Waals surface area contributed by atoms with Gasteiger partial charge < -0.3 is 10.0 Å². The average molecular weight is 378 g/mol. The Kier molecular flexibility index (Phi) is 3.97. The van der Waals surface area contributed by atoms with Gasteiger partial charge in [-0.25, -0.2) is 9.48 Å². The molecule has 3 rings (SSSR count). The quantitative estimate of drug-likeness (QED) is 0.891. The van der Waals surface area contributed by atoms with Gasteiger partial charge in [-0.3, -0.25) is 4.79 Å². The van der Waals surface area contributed by atoms with E-state index in [0.29, 0.717) is 19.4 Å². The lowest BCUT2D eigenvalue weighted by atomic mass is 9.99. The summed E-state index contributed by atoms with van der Waals surface area (Å²) in [5.41, 5.74) is -0.0865. The molecule has 0 radical (unpaired) electrons. The second-order valence-corrected chi connectivity index (χ2v) is 6.68. The third-order valence-corrected chi connectivity index (χ3v) is 4.72. The minimum atomic E-state index is -1.16. The van der Waals surface area contributed by atoms with Crippen molar-refractivity contribution in [3.8, 4) is 5.69 Å². The summed E-state index contributed by atoms with van der Waals surface area (Å²) in [6.07, 6.45) is 2.84. The predicted octanol–water partition coefficient (Wildman–Crippen LogP) is 2.71. The highest BCUT2D eigenvalue weighted by Crippen LogP contribution is 2.30. The first-order chi connectivity index (χ1) is 10.9. The second kappa shape index (κ2) is 5.81. The largest absolute Gasteiger partial charge is 0.480 e. The van der Waals surface area contributed by atoms with Crippen LogP contribution in [0.2, 0.25) is 0 Å². The first-order valence-electron chi connectivity index (χ1n) is 7.29. The summed E-state index contributed by atoms with van der Waals surface area (Å²) in [6, 6.07) is 9.16. The molecule has 1 aliphatic heterocycles. The molecular formula is C16H16BrN3O3. The van der Waals surface area contributed by atoms with E-state index in [2.05, 4.69) is 21.0 Å². The van der Waals surface area contributed by atoms with E-state index >= 15 is 0 Å². The molecule has 0 saturated carbocycles. The van der Waals surface area contributed by atoms with E-state index in [-0.39, 0.29) is 11.6 Å². The number of nitrogens with zero attached hydrogens (tertiary/aromatic N) is 3. The number of halogens is 1. The molecule has 7 heteroatoms. The topological polar surface area (TPSA) is 75.4 Å². The number of hydrogen-bond acceptors (Lipinski definition) is 3. The smallest absolute Gasteiger partial charge is 0.329 e. The van der Waals surface area contributed by atoms with Crippen molar-refractivity contribution in [1.82, 2.24) is 14.7 Å². The summed E-state index contributed by atoms with van der Waals surface area (Å²) < 4.78 is 2.52. The highest BCUT2D eigenvalue weighted by molar-refractivity contribution is 9.10. The molecular weight excluding hydrogens is 362 g/mol. The highest BCUT2D eigenvalue weighted by atomic mass is 79.9. The van der Waals surface area contributed by atoms with Gasteiger partial charge in [-0.2, -0.15) is 5.10 Å². The number of amides is 1. The molecule has 1 saturated heterocycles. The van der Waals surface area contributed by atoms with Crippen LogP contribution in [-0.4, -0.2) is 43.7 Å². The molecule has 1 fully saturated rings. The Morgan fingerprint density at radius 2 is 2.13 bits per heavy atom. The lowest BCUT2D eigenvalue weighted by Gasteiger charge is -2.30. The number of carbonyl (C=O) groups excluding carboxylic acids is 1. The van der Waals surface area contributed by atoms with E-state index < -0.39 is 11.5 Å². The van der Waals surface area contributed by atoms with Crippen LogP contribution in [0.1, 0.15) is 30.3 Å². The molecule has 1 aliphatic rings. The molecule has 0 bridgehead atoms. The number of rotatable bonds is 3. The molecule has 1 N–H and O–H groups in total. The van der Waals surface area contributed by atoms with Gasteiger partial charge in [-0.05, 0) is 44.0 Å². The number of benzene rings is 1. The summed E-state index contributed by atoms with van der Waals surface area (Å²) in [4.78, 5) is 25.6. The van der Waals surface area contributed by atoms with Gasteiger partial charge in [-0.15, -0.1) is 0 Å². The lowest BCUT2D eigenvalue weighted by molar-refractivity contribution is -0.147. The van der Waals surface area contributed by atoms with E-state index in [4.69, 9.17) is 0 Å². The molecule has 1 aromatic carbocycles. The zero-order valence-corrected chi connectivity index (χ0v) is 14.2. The first kappa shape index (κ1) is 15.7. The Bertz CT molecular complexity index is 773. The third kappa shape index (κ3) is 2.76. The Labute approximate surface area is 141 Å². The molecule has 2 aromatic rings. The predicted molar refractivity (Wildman–Crippen MR) is 87.6 cm³/mol. The zero-order chi connectivity index (χ0) is 16.6. The molecule has 0 spiro atoms. The van der Waals surface area contributed by atoms with Gasteiger partial charge >= 0.3 is 5.97 Å². The molecule has 1 unspecified atom stereocenters. The van der Waals surface area contributed by atoms with Gasteiger partial charge in [0.25, 0.3) is 5.91 Å². The van der Waals surface area contributed by atoms with Crippen LogP contribution in [0, 0.1) is 0 Å². The normalized spacial score (nSPS) is 20.7. The zero-order valence-electron chi connectivity index (χ0n) is 12.6. The number of carboxylic acid groups (broad SMARTS) is 1. The second-order valence-electron chi connectivity index (χ2n) is 5.76. The fourth-order valence-electron chi connectivity index (χ4n) is 2.85. The SMILES string of the molecule is CC1(C(=O)O)CCCN1C(=O)c1ccn(-c2cccc(Br)c2)n1. The molecule has 23 heavy (non-hydrogen) atoms. The van der Waals surface area contributed by atoms with Crippen molar-refractivity contribution in [2.45, 2.75) is 25.3 Å². The van der Waals surface area contributed by atoms with Crippen molar-refractivity contribution in [3.05, 3.63) is 46.7 Å². The van der Waals surface area contributed by atoms with Crippen LogP contribution in [-0.2, 0) is 4.79 Å². The third-order valence-electron chi connectivity index (χ3n) is 4.23. The van der Waals surface area contributed by atoms with Gasteiger partial charge in [0.05, 0.1) is 5.69 Å². The molecule has 1 atom stereocenters. The van der Waals surface area contributed by atoms with Crippen molar-refractivity contribution in [2.75, 3.05) is 6.54 Å². The van der Waals surface area contributed by atoms with E-state index in [9.17, 15) is 14.7 Å². The standard InChI is InChI=1S/C16H16BrN3O3/c1-16(15(22)23)7-3-8-19(16)14(21)13-6-9-20(18-13)12-5-2-4-11(17)10-12/h2,4-6,9-10H,3,7-8H2,1H3,(H,22,23). The van der Waals surface area contributed by atoms with E-state index in [1.165, 1.54) is 4.90 Å². The Morgan fingerprint density at radius 1 is 1.35 bits per heavy atom. The summed E-state index contributed by atoms with van der Waals surface area (Å²) in [7, 11) is 0. The minimum Gasteiger partial charge on any atom is -0.480 e. The number of hydrogen-bond donors (Lipinski definition) is 1. The van der Waals surface area contributed by atoms with Crippen LogP contribution in [0.5, 0.6) is 0 Å². The van der Waals surface area contributed by atoms with Crippen LogP contribution in [0.15, 0.2) is 41.0 Å².